The van der Waals surface area contributed by atoms with Crippen molar-refractivity contribution >= 4 is 17.7 Å². The lowest BCUT2D eigenvalue weighted by Crippen LogP contribution is -2.26. The highest BCUT2D eigenvalue weighted by Gasteiger charge is 2.23. The van der Waals surface area contributed by atoms with E-state index in [1.54, 1.807) is 43.1 Å². The van der Waals surface area contributed by atoms with Crippen LogP contribution in [0.25, 0.3) is 0 Å². The molecule has 1 saturated carbocycles. The molecule has 1 aromatic carbocycles. The van der Waals surface area contributed by atoms with Crippen LogP contribution in [0.2, 0.25) is 0 Å². The first-order valence-electron chi connectivity index (χ1n) is 9.61. The first-order chi connectivity index (χ1) is 13.1. The van der Waals surface area contributed by atoms with Crippen molar-refractivity contribution in [3.63, 3.8) is 0 Å². The van der Waals surface area contributed by atoms with Gasteiger partial charge in [-0.1, -0.05) is 44.9 Å². The normalized spacial score (nSPS) is 15.1. The van der Waals surface area contributed by atoms with E-state index in [0.29, 0.717) is 23.4 Å². The highest BCUT2D eigenvalue weighted by Crippen LogP contribution is 2.33. The summed E-state index contributed by atoms with van der Waals surface area (Å²) in [4.78, 5) is 12.5. The van der Waals surface area contributed by atoms with Gasteiger partial charge in [0.1, 0.15) is 5.75 Å². The van der Waals surface area contributed by atoms with Crippen LogP contribution in [0.5, 0.6) is 5.75 Å². The topological polar surface area (TPSA) is 69.0 Å². The van der Waals surface area contributed by atoms with Crippen molar-refractivity contribution in [2.45, 2.75) is 68.9 Å². The van der Waals surface area contributed by atoms with Crippen molar-refractivity contribution in [2.24, 2.45) is 0 Å². The van der Waals surface area contributed by atoms with E-state index in [1.807, 2.05) is 0 Å². The SMILES string of the molecule is COc1ccc(C(=O)NCc2nnc(SC(C)C)n2C2CCCCC2)cc1. The Morgan fingerprint density at radius 3 is 2.56 bits per heavy atom. The van der Waals surface area contributed by atoms with Gasteiger partial charge in [0.2, 0.25) is 0 Å². The molecular formula is C20H28N4O2S. The number of ether oxygens (including phenoxy) is 1. The minimum absolute atomic E-state index is 0.117. The number of carbonyl (C=O) groups is 1. The van der Waals surface area contributed by atoms with Gasteiger partial charge in [0.05, 0.1) is 13.7 Å². The fourth-order valence-corrected chi connectivity index (χ4v) is 4.31. The molecule has 1 fully saturated rings. The highest BCUT2D eigenvalue weighted by molar-refractivity contribution is 7.99. The van der Waals surface area contributed by atoms with Crippen molar-refractivity contribution in [3.8, 4) is 5.75 Å². The van der Waals surface area contributed by atoms with Crippen LogP contribution in [0.3, 0.4) is 0 Å². The van der Waals surface area contributed by atoms with Crippen LogP contribution in [0.15, 0.2) is 29.4 Å². The third-order valence-corrected chi connectivity index (χ3v) is 5.74. The number of nitrogens with zero attached hydrogens (tertiary/aromatic N) is 3. The molecule has 0 bridgehead atoms. The summed E-state index contributed by atoms with van der Waals surface area (Å²) in [6.07, 6.45) is 6.10. The minimum atomic E-state index is -0.117. The average molecular weight is 389 g/mol. The molecule has 1 N–H and O–H groups in total. The molecule has 1 heterocycles. The van der Waals surface area contributed by atoms with Gasteiger partial charge in [0.25, 0.3) is 5.91 Å². The maximum Gasteiger partial charge on any atom is 0.251 e. The number of hydrogen-bond acceptors (Lipinski definition) is 5. The van der Waals surface area contributed by atoms with Crippen LogP contribution in [-0.2, 0) is 6.54 Å². The van der Waals surface area contributed by atoms with Crippen molar-refractivity contribution in [3.05, 3.63) is 35.7 Å². The molecule has 7 heteroatoms. The van der Waals surface area contributed by atoms with Crippen LogP contribution < -0.4 is 10.1 Å². The third-order valence-electron chi connectivity index (χ3n) is 4.78. The summed E-state index contributed by atoms with van der Waals surface area (Å²) in [7, 11) is 1.61. The summed E-state index contributed by atoms with van der Waals surface area (Å²) < 4.78 is 7.40. The summed E-state index contributed by atoms with van der Waals surface area (Å²) in [5, 5.41) is 13.2. The van der Waals surface area contributed by atoms with Crippen molar-refractivity contribution in [1.82, 2.24) is 20.1 Å². The Hall–Kier alpha value is -2.02. The number of benzene rings is 1. The number of nitrogens with one attached hydrogen (secondary N) is 1. The number of thioether (sulfide) groups is 1. The Bertz CT molecular complexity index is 752. The fraction of sp³-hybridized carbons (Fsp3) is 0.550. The Kier molecular flexibility index (Phi) is 6.77. The van der Waals surface area contributed by atoms with Gasteiger partial charge >= 0.3 is 0 Å². The molecule has 0 aliphatic heterocycles. The quantitative estimate of drug-likeness (QED) is 0.719. The van der Waals surface area contributed by atoms with Crippen LogP contribution in [0.1, 0.15) is 68.2 Å². The predicted octanol–water partition coefficient (Wildman–Crippen LogP) is 4.22. The zero-order chi connectivity index (χ0) is 19.2. The first kappa shape index (κ1) is 19.7. The van der Waals surface area contributed by atoms with Gasteiger partial charge < -0.3 is 14.6 Å². The van der Waals surface area contributed by atoms with Crippen LogP contribution in [0.4, 0.5) is 0 Å². The monoisotopic (exact) mass is 388 g/mol. The van der Waals surface area contributed by atoms with Crippen LogP contribution >= 0.6 is 11.8 Å². The largest absolute Gasteiger partial charge is 0.497 e. The second kappa shape index (κ2) is 9.26. The van der Waals surface area contributed by atoms with E-state index in [0.717, 1.165) is 29.6 Å². The number of rotatable bonds is 7. The standard InChI is InChI=1S/C20H28N4O2S/c1-14(2)27-20-23-22-18(24(20)16-7-5-4-6-8-16)13-21-19(25)15-9-11-17(26-3)12-10-15/h9-12,14,16H,4-8,13H2,1-3H3,(H,21,25). The lowest BCUT2D eigenvalue weighted by molar-refractivity contribution is 0.0949. The molecule has 0 spiro atoms. The lowest BCUT2D eigenvalue weighted by atomic mass is 9.95. The molecule has 6 nitrogen and oxygen atoms in total. The number of methoxy groups -OCH3 is 1. The molecule has 1 aromatic heterocycles. The molecule has 3 rings (SSSR count). The molecule has 1 amide bonds. The minimum Gasteiger partial charge on any atom is -0.497 e. The van der Waals surface area contributed by atoms with E-state index in [-0.39, 0.29) is 5.91 Å². The van der Waals surface area contributed by atoms with E-state index >= 15 is 0 Å². The van der Waals surface area contributed by atoms with Crippen molar-refractivity contribution < 1.29 is 9.53 Å². The molecule has 1 aliphatic carbocycles. The first-order valence-corrected chi connectivity index (χ1v) is 10.5. The van der Waals surface area contributed by atoms with Gasteiger partial charge in [-0.3, -0.25) is 4.79 Å². The summed E-state index contributed by atoms with van der Waals surface area (Å²) in [5.41, 5.74) is 0.608. The van der Waals surface area contributed by atoms with Gasteiger partial charge in [-0.15, -0.1) is 10.2 Å². The summed E-state index contributed by atoms with van der Waals surface area (Å²) >= 11 is 1.74. The van der Waals surface area contributed by atoms with Crippen LogP contribution in [0, 0.1) is 0 Å². The Balaban J connectivity index is 1.73. The van der Waals surface area contributed by atoms with Gasteiger partial charge in [-0.25, -0.2) is 0 Å². The zero-order valence-electron chi connectivity index (χ0n) is 16.3. The summed E-state index contributed by atoms with van der Waals surface area (Å²) in [6, 6.07) is 7.54. The fourth-order valence-electron chi connectivity index (χ4n) is 3.43. The summed E-state index contributed by atoms with van der Waals surface area (Å²) in [6.45, 7) is 4.71. The Labute approximate surface area is 165 Å². The van der Waals surface area contributed by atoms with Crippen LogP contribution in [-0.4, -0.2) is 33.0 Å². The van der Waals surface area contributed by atoms with E-state index in [9.17, 15) is 4.79 Å². The van der Waals surface area contributed by atoms with E-state index in [2.05, 4.69) is 33.9 Å². The molecule has 27 heavy (non-hydrogen) atoms. The van der Waals surface area contributed by atoms with Gasteiger partial charge in [-0.2, -0.15) is 0 Å². The Morgan fingerprint density at radius 2 is 1.93 bits per heavy atom. The lowest BCUT2D eigenvalue weighted by Gasteiger charge is -2.26. The van der Waals surface area contributed by atoms with Gasteiger partial charge in [-0.05, 0) is 37.1 Å². The van der Waals surface area contributed by atoms with E-state index in [1.165, 1.54) is 19.3 Å². The molecule has 0 atom stereocenters. The Morgan fingerprint density at radius 1 is 1.22 bits per heavy atom. The molecule has 0 unspecified atom stereocenters. The molecule has 0 saturated heterocycles. The molecule has 2 aromatic rings. The van der Waals surface area contributed by atoms with E-state index in [4.69, 9.17) is 4.74 Å². The predicted molar refractivity (Wildman–Crippen MR) is 107 cm³/mol. The number of amides is 1. The van der Waals surface area contributed by atoms with Gasteiger partial charge in [0, 0.05) is 16.9 Å². The molecule has 146 valence electrons. The zero-order valence-corrected chi connectivity index (χ0v) is 17.1. The van der Waals surface area contributed by atoms with Gasteiger partial charge in [0.15, 0.2) is 11.0 Å². The molecule has 1 aliphatic rings. The molecule has 0 radical (unpaired) electrons. The smallest absolute Gasteiger partial charge is 0.251 e. The maximum absolute atomic E-state index is 12.5. The second-order valence-corrected chi connectivity index (χ2v) is 8.68. The number of carbonyl (C=O) groups excluding carboxylic acids is 1. The number of hydrogen-bond donors (Lipinski definition) is 1. The second-order valence-electron chi connectivity index (χ2n) is 7.14. The number of aromatic nitrogens is 3. The average Bonchev–Trinajstić information content (AvgIpc) is 3.08. The maximum atomic E-state index is 12.5. The van der Waals surface area contributed by atoms with Crippen molar-refractivity contribution in [1.29, 1.82) is 0 Å². The third kappa shape index (κ3) is 5.03. The molecular weight excluding hydrogens is 360 g/mol. The summed E-state index contributed by atoms with van der Waals surface area (Å²) in [5.74, 6) is 1.46. The van der Waals surface area contributed by atoms with Crippen molar-refractivity contribution in [2.75, 3.05) is 7.11 Å². The highest BCUT2D eigenvalue weighted by atomic mass is 32.2. The van der Waals surface area contributed by atoms with E-state index < -0.39 is 0 Å².